The third-order valence-electron chi connectivity index (χ3n) is 3.16. The van der Waals surface area contributed by atoms with Crippen molar-refractivity contribution in [3.8, 4) is 0 Å². The Morgan fingerprint density at radius 3 is 2.56 bits per heavy atom. The summed E-state index contributed by atoms with van der Waals surface area (Å²) in [5.41, 5.74) is 0. The SMILES string of the molecule is CCCC1OC(C)(C)OC1C1OC1(Cl)C(=O)OC. The van der Waals surface area contributed by atoms with Crippen molar-refractivity contribution in [2.24, 2.45) is 0 Å². The molecule has 5 nitrogen and oxygen atoms in total. The first kappa shape index (κ1) is 14.1. The maximum absolute atomic E-state index is 11.5. The molecule has 0 aromatic heterocycles. The van der Waals surface area contributed by atoms with Gasteiger partial charge in [0.05, 0.1) is 13.2 Å². The van der Waals surface area contributed by atoms with Gasteiger partial charge >= 0.3 is 5.97 Å². The monoisotopic (exact) mass is 278 g/mol. The van der Waals surface area contributed by atoms with Crippen LogP contribution >= 0.6 is 11.6 Å². The van der Waals surface area contributed by atoms with Crippen molar-refractivity contribution in [2.75, 3.05) is 7.11 Å². The van der Waals surface area contributed by atoms with Crippen LogP contribution in [0.2, 0.25) is 0 Å². The summed E-state index contributed by atoms with van der Waals surface area (Å²) < 4.78 is 21.5. The number of ether oxygens (including phenoxy) is 4. The van der Waals surface area contributed by atoms with Crippen LogP contribution in [0, 0.1) is 0 Å². The topological polar surface area (TPSA) is 57.3 Å². The molecule has 2 saturated heterocycles. The Balaban J connectivity index is 2.07. The van der Waals surface area contributed by atoms with Crippen LogP contribution in [0.15, 0.2) is 0 Å². The fourth-order valence-electron chi connectivity index (χ4n) is 2.36. The highest BCUT2D eigenvalue weighted by Gasteiger charge is 2.69. The molecule has 0 amide bonds. The highest BCUT2D eigenvalue weighted by atomic mass is 35.5. The molecule has 0 spiro atoms. The molecule has 4 atom stereocenters. The van der Waals surface area contributed by atoms with Crippen molar-refractivity contribution in [1.82, 2.24) is 0 Å². The highest BCUT2D eigenvalue weighted by Crippen LogP contribution is 2.49. The van der Waals surface area contributed by atoms with Gasteiger partial charge in [0.2, 0.25) is 0 Å². The van der Waals surface area contributed by atoms with E-state index in [4.69, 9.17) is 25.8 Å². The first-order valence-corrected chi connectivity index (χ1v) is 6.52. The van der Waals surface area contributed by atoms with E-state index in [9.17, 15) is 4.79 Å². The largest absolute Gasteiger partial charge is 0.466 e. The normalized spacial score (nSPS) is 41.7. The summed E-state index contributed by atoms with van der Waals surface area (Å²) in [4.78, 5) is 11.5. The lowest BCUT2D eigenvalue weighted by Gasteiger charge is -2.16. The average Bonchev–Trinajstić information content (AvgIpc) is 2.88. The van der Waals surface area contributed by atoms with E-state index >= 15 is 0 Å². The minimum atomic E-state index is -1.41. The highest BCUT2D eigenvalue weighted by molar-refractivity contribution is 6.35. The van der Waals surface area contributed by atoms with Gasteiger partial charge in [-0.25, -0.2) is 4.79 Å². The number of carbonyl (C=O) groups excluding carboxylic acids is 1. The van der Waals surface area contributed by atoms with E-state index in [-0.39, 0.29) is 12.2 Å². The van der Waals surface area contributed by atoms with E-state index in [1.54, 1.807) is 0 Å². The second-order valence-electron chi connectivity index (χ2n) is 5.10. The Morgan fingerprint density at radius 2 is 2.00 bits per heavy atom. The first-order chi connectivity index (χ1) is 8.34. The third kappa shape index (κ3) is 2.37. The summed E-state index contributed by atoms with van der Waals surface area (Å²) in [5.74, 6) is -1.26. The number of epoxide rings is 1. The summed E-state index contributed by atoms with van der Waals surface area (Å²) in [6, 6.07) is 0. The predicted molar refractivity (Wildman–Crippen MR) is 64.2 cm³/mol. The van der Waals surface area contributed by atoms with Gasteiger partial charge in [-0.1, -0.05) is 24.9 Å². The molecule has 0 N–H and O–H groups in total. The molecule has 0 radical (unpaired) electrons. The molecule has 2 aliphatic heterocycles. The second-order valence-corrected chi connectivity index (χ2v) is 5.66. The van der Waals surface area contributed by atoms with Crippen LogP contribution in [0.1, 0.15) is 33.6 Å². The van der Waals surface area contributed by atoms with Gasteiger partial charge in [0.15, 0.2) is 5.79 Å². The van der Waals surface area contributed by atoms with E-state index in [0.29, 0.717) is 0 Å². The van der Waals surface area contributed by atoms with Crippen molar-refractivity contribution in [3.63, 3.8) is 0 Å². The molecule has 4 unspecified atom stereocenters. The number of carbonyl (C=O) groups is 1. The number of esters is 1. The van der Waals surface area contributed by atoms with Gasteiger partial charge in [0.1, 0.15) is 12.2 Å². The van der Waals surface area contributed by atoms with Gasteiger partial charge < -0.3 is 18.9 Å². The molecule has 2 rings (SSSR count). The zero-order valence-corrected chi connectivity index (χ0v) is 11.8. The number of hydrogen-bond acceptors (Lipinski definition) is 5. The Morgan fingerprint density at radius 1 is 1.33 bits per heavy atom. The van der Waals surface area contributed by atoms with Crippen molar-refractivity contribution in [3.05, 3.63) is 0 Å². The van der Waals surface area contributed by atoms with E-state index < -0.39 is 22.9 Å². The molecule has 0 saturated carbocycles. The van der Waals surface area contributed by atoms with Gasteiger partial charge in [0, 0.05) is 0 Å². The lowest BCUT2D eigenvalue weighted by molar-refractivity contribution is -0.149. The minimum absolute atomic E-state index is 0.111. The van der Waals surface area contributed by atoms with E-state index in [2.05, 4.69) is 11.7 Å². The van der Waals surface area contributed by atoms with Gasteiger partial charge in [-0.15, -0.1) is 0 Å². The van der Waals surface area contributed by atoms with Crippen molar-refractivity contribution in [1.29, 1.82) is 0 Å². The van der Waals surface area contributed by atoms with Crippen molar-refractivity contribution in [2.45, 2.75) is 62.8 Å². The summed E-state index contributed by atoms with van der Waals surface area (Å²) in [6.07, 6.45) is 0.838. The lowest BCUT2D eigenvalue weighted by atomic mass is 10.0. The van der Waals surface area contributed by atoms with Gasteiger partial charge in [-0.05, 0) is 20.3 Å². The van der Waals surface area contributed by atoms with Crippen molar-refractivity contribution < 1.29 is 23.7 Å². The van der Waals surface area contributed by atoms with Crippen LogP contribution in [-0.2, 0) is 23.7 Å². The maximum atomic E-state index is 11.5. The number of rotatable bonds is 4. The molecule has 0 aromatic carbocycles. The lowest BCUT2D eigenvalue weighted by Crippen LogP contribution is -2.34. The van der Waals surface area contributed by atoms with E-state index in [0.717, 1.165) is 12.8 Å². The van der Waals surface area contributed by atoms with E-state index in [1.165, 1.54) is 7.11 Å². The molecule has 0 bridgehead atoms. The predicted octanol–water partition coefficient (Wildman–Crippen LogP) is 1.81. The van der Waals surface area contributed by atoms with E-state index in [1.807, 2.05) is 13.8 Å². The number of methoxy groups -OCH3 is 1. The molecule has 2 fully saturated rings. The zero-order chi connectivity index (χ0) is 13.6. The van der Waals surface area contributed by atoms with Gasteiger partial charge in [-0.2, -0.15) is 0 Å². The van der Waals surface area contributed by atoms with Crippen molar-refractivity contribution >= 4 is 17.6 Å². The molecule has 2 heterocycles. The molecule has 0 aromatic rings. The van der Waals surface area contributed by atoms with Crippen LogP contribution in [0.25, 0.3) is 0 Å². The second kappa shape index (κ2) is 4.63. The first-order valence-electron chi connectivity index (χ1n) is 6.15. The molecule has 0 aliphatic carbocycles. The zero-order valence-electron chi connectivity index (χ0n) is 11.1. The van der Waals surface area contributed by atoms with Crippen LogP contribution < -0.4 is 0 Å². The average molecular weight is 279 g/mol. The van der Waals surface area contributed by atoms with Gasteiger partial charge in [-0.3, -0.25) is 0 Å². The quantitative estimate of drug-likeness (QED) is 0.446. The Kier molecular flexibility index (Phi) is 3.62. The Labute approximate surface area is 112 Å². The summed E-state index contributed by atoms with van der Waals surface area (Å²) >= 11 is 6.07. The standard InChI is InChI=1S/C12H19ClO5/c1-5-6-7-8(17-11(2,3)16-7)9-12(13,18-9)10(14)15-4/h7-9H,5-6H2,1-4H3. The van der Waals surface area contributed by atoms with Crippen LogP contribution in [0.4, 0.5) is 0 Å². The summed E-state index contributed by atoms with van der Waals surface area (Å²) in [7, 11) is 1.28. The van der Waals surface area contributed by atoms with Gasteiger partial charge in [0.25, 0.3) is 5.06 Å². The maximum Gasteiger partial charge on any atom is 0.357 e. The molecule has 104 valence electrons. The minimum Gasteiger partial charge on any atom is -0.466 e. The number of alkyl halides is 1. The number of halogens is 1. The summed E-state index contributed by atoms with van der Waals surface area (Å²) in [5, 5.41) is -1.41. The fourth-order valence-corrected chi connectivity index (χ4v) is 2.66. The Bertz CT molecular complexity index is 345. The Hall–Kier alpha value is -0.360. The van der Waals surface area contributed by atoms with Crippen LogP contribution in [0.5, 0.6) is 0 Å². The molecule has 18 heavy (non-hydrogen) atoms. The third-order valence-corrected chi connectivity index (χ3v) is 3.62. The van der Waals surface area contributed by atoms with Crippen LogP contribution in [0.3, 0.4) is 0 Å². The molecule has 6 heteroatoms. The molecule has 2 aliphatic rings. The fraction of sp³-hybridized carbons (Fsp3) is 0.917. The smallest absolute Gasteiger partial charge is 0.357 e. The van der Waals surface area contributed by atoms with Crippen LogP contribution in [-0.4, -0.2) is 42.2 Å². The summed E-state index contributed by atoms with van der Waals surface area (Å²) in [6.45, 7) is 5.74. The molecular formula is C12H19ClO5. The number of hydrogen-bond donors (Lipinski definition) is 0. The molecular weight excluding hydrogens is 260 g/mol.